The SMILES string of the molecule is CC(CC#N)NCC1CCCCO1. The van der Waals surface area contributed by atoms with E-state index in [1.165, 1.54) is 12.8 Å². The van der Waals surface area contributed by atoms with Gasteiger partial charge >= 0.3 is 0 Å². The Morgan fingerprint density at radius 1 is 1.62 bits per heavy atom. The molecule has 0 radical (unpaired) electrons. The fourth-order valence-corrected chi connectivity index (χ4v) is 1.51. The molecule has 1 heterocycles. The molecule has 74 valence electrons. The molecule has 1 N–H and O–H groups in total. The molecule has 13 heavy (non-hydrogen) atoms. The second-order valence-corrected chi connectivity index (χ2v) is 3.66. The minimum Gasteiger partial charge on any atom is -0.377 e. The van der Waals surface area contributed by atoms with E-state index in [4.69, 9.17) is 10.00 Å². The predicted octanol–water partition coefficient (Wildman–Crippen LogP) is 1.45. The first-order valence-corrected chi connectivity index (χ1v) is 5.05. The molecular formula is C10H18N2O. The minimum absolute atomic E-state index is 0.288. The van der Waals surface area contributed by atoms with Crippen LogP contribution in [-0.2, 0) is 4.74 Å². The number of hydrogen-bond donors (Lipinski definition) is 1. The highest BCUT2D eigenvalue weighted by atomic mass is 16.5. The third kappa shape index (κ3) is 4.25. The zero-order valence-electron chi connectivity index (χ0n) is 8.25. The van der Waals surface area contributed by atoms with Crippen molar-refractivity contribution in [3.05, 3.63) is 0 Å². The van der Waals surface area contributed by atoms with Crippen LogP contribution < -0.4 is 5.32 Å². The third-order valence-corrected chi connectivity index (χ3v) is 2.37. The average Bonchev–Trinajstić information content (AvgIpc) is 2.17. The molecule has 1 aliphatic heterocycles. The molecule has 3 heteroatoms. The predicted molar refractivity (Wildman–Crippen MR) is 51.3 cm³/mol. The zero-order valence-corrected chi connectivity index (χ0v) is 8.25. The fourth-order valence-electron chi connectivity index (χ4n) is 1.51. The first kappa shape index (κ1) is 10.5. The van der Waals surface area contributed by atoms with Crippen molar-refractivity contribution in [3.63, 3.8) is 0 Å². The van der Waals surface area contributed by atoms with Crippen molar-refractivity contribution in [2.45, 2.75) is 44.8 Å². The number of nitrogens with zero attached hydrogens (tertiary/aromatic N) is 1. The Labute approximate surface area is 80.1 Å². The van der Waals surface area contributed by atoms with E-state index in [9.17, 15) is 0 Å². The molecular weight excluding hydrogens is 164 g/mol. The number of nitriles is 1. The number of rotatable bonds is 4. The minimum atomic E-state index is 0.288. The fraction of sp³-hybridized carbons (Fsp3) is 0.900. The smallest absolute Gasteiger partial charge is 0.0699 e. The van der Waals surface area contributed by atoms with E-state index in [2.05, 4.69) is 11.4 Å². The molecule has 0 aromatic rings. The lowest BCUT2D eigenvalue weighted by molar-refractivity contribution is 0.0157. The Morgan fingerprint density at radius 2 is 2.46 bits per heavy atom. The largest absolute Gasteiger partial charge is 0.377 e. The van der Waals surface area contributed by atoms with E-state index in [-0.39, 0.29) is 6.04 Å². The van der Waals surface area contributed by atoms with Gasteiger partial charge in [0.05, 0.1) is 18.6 Å². The molecule has 0 bridgehead atoms. The van der Waals surface area contributed by atoms with Crippen LogP contribution in [0.4, 0.5) is 0 Å². The highest BCUT2D eigenvalue weighted by Gasteiger charge is 2.13. The van der Waals surface area contributed by atoms with Gasteiger partial charge in [-0.3, -0.25) is 0 Å². The zero-order chi connectivity index (χ0) is 9.52. The molecule has 0 aliphatic carbocycles. The van der Waals surface area contributed by atoms with Crippen LogP contribution in [0, 0.1) is 11.3 Å². The molecule has 0 aromatic heterocycles. The van der Waals surface area contributed by atoms with Gasteiger partial charge < -0.3 is 10.1 Å². The van der Waals surface area contributed by atoms with Crippen LogP contribution in [-0.4, -0.2) is 25.3 Å². The molecule has 0 amide bonds. The molecule has 2 unspecified atom stereocenters. The summed E-state index contributed by atoms with van der Waals surface area (Å²) in [6.45, 7) is 3.83. The van der Waals surface area contributed by atoms with Gasteiger partial charge in [-0.25, -0.2) is 0 Å². The van der Waals surface area contributed by atoms with E-state index in [1.54, 1.807) is 0 Å². The van der Waals surface area contributed by atoms with Gasteiger partial charge in [0.15, 0.2) is 0 Å². The van der Waals surface area contributed by atoms with Gasteiger partial charge in [-0.1, -0.05) is 0 Å². The summed E-state index contributed by atoms with van der Waals surface area (Å²) in [6, 6.07) is 2.44. The highest BCUT2D eigenvalue weighted by Crippen LogP contribution is 2.11. The summed E-state index contributed by atoms with van der Waals surface area (Å²) in [6.07, 6.45) is 4.58. The van der Waals surface area contributed by atoms with E-state index in [0.29, 0.717) is 12.5 Å². The Kier molecular flexibility index (Phi) is 4.81. The maximum absolute atomic E-state index is 8.45. The summed E-state index contributed by atoms with van der Waals surface area (Å²) in [5.74, 6) is 0. The Hall–Kier alpha value is -0.590. The summed E-state index contributed by atoms with van der Waals surface area (Å²) in [4.78, 5) is 0. The molecule has 0 aromatic carbocycles. The number of ether oxygens (including phenoxy) is 1. The topological polar surface area (TPSA) is 45.0 Å². The highest BCUT2D eigenvalue weighted by molar-refractivity contribution is 4.78. The van der Waals surface area contributed by atoms with Gasteiger partial charge in [0.1, 0.15) is 0 Å². The summed E-state index contributed by atoms with van der Waals surface area (Å²) < 4.78 is 5.56. The van der Waals surface area contributed by atoms with Gasteiger partial charge in [0.25, 0.3) is 0 Å². The normalized spacial score (nSPS) is 25.1. The van der Waals surface area contributed by atoms with Crippen molar-refractivity contribution < 1.29 is 4.74 Å². The van der Waals surface area contributed by atoms with E-state index in [0.717, 1.165) is 19.6 Å². The Bertz CT molecular complexity index is 170. The summed E-state index contributed by atoms with van der Waals surface area (Å²) in [5.41, 5.74) is 0. The Morgan fingerprint density at radius 3 is 3.08 bits per heavy atom. The molecule has 0 saturated carbocycles. The van der Waals surface area contributed by atoms with Gasteiger partial charge in [0.2, 0.25) is 0 Å². The Balaban J connectivity index is 2.07. The lowest BCUT2D eigenvalue weighted by atomic mass is 10.1. The molecule has 1 fully saturated rings. The van der Waals surface area contributed by atoms with Crippen LogP contribution in [0.2, 0.25) is 0 Å². The van der Waals surface area contributed by atoms with Crippen molar-refractivity contribution in [1.29, 1.82) is 5.26 Å². The average molecular weight is 182 g/mol. The first-order valence-electron chi connectivity index (χ1n) is 5.05. The first-order chi connectivity index (χ1) is 6.33. The van der Waals surface area contributed by atoms with Crippen LogP contribution in [0.25, 0.3) is 0 Å². The standard InChI is InChI=1S/C10H18N2O/c1-9(5-6-11)12-8-10-4-2-3-7-13-10/h9-10,12H,2-5,7-8H2,1H3. The van der Waals surface area contributed by atoms with E-state index in [1.807, 2.05) is 6.92 Å². The molecule has 0 spiro atoms. The van der Waals surface area contributed by atoms with Crippen LogP contribution in [0.5, 0.6) is 0 Å². The van der Waals surface area contributed by atoms with Gasteiger partial charge in [-0.2, -0.15) is 5.26 Å². The summed E-state index contributed by atoms with van der Waals surface area (Å²) >= 11 is 0. The third-order valence-electron chi connectivity index (χ3n) is 2.37. The quantitative estimate of drug-likeness (QED) is 0.715. The maximum atomic E-state index is 8.45. The maximum Gasteiger partial charge on any atom is 0.0699 e. The van der Waals surface area contributed by atoms with Gasteiger partial charge in [-0.05, 0) is 26.2 Å². The molecule has 1 aliphatic rings. The van der Waals surface area contributed by atoms with E-state index >= 15 is 0 Å². The van der Waals surface area contributed by atoms with Crippen molar-refractivity contribution in [3.8, 4) is 6.07 Å². The molecule has 2 atom stereocenters. The van der Waals surface area contributed by atoms with Gasteiger partial charge in [0, 0.05) is 19.2 Å². The molecule has 3 nitrogen and oxygen atoms in total. The summed E-state index contributed by atoms with van der Waals surface area (Å²) in [7, 11) is 0. The van der Waals surface area contributed by atoms with Crippen molar-refractivity contribution in [2.24, 2.45) is 0 Å². The monoisotopic (exact) mass is 182 g/mol. The number of hydrogen-bond acceptors (Lipinski definition) is 3. The van der Waals surface area contributed by atoms with Crippen LogP contribution in [0.1, 0.15) is 32.6 Å². The summed E-state index contributed by atoms with van der Waals surface area (Å²) in [5, 5.41) is 11.8. The van der Waals surface area contributed by atoms with Crippen LogP contribution in [0.3, 0.4) is 0 Å². The molecule has 1 saturated heterocycles. The molecule has 1 rings (SSSR count). The van der Waals surface area contributed by atoms with Crippen molar-refractivity contribution in [2.75, 3.05) is 13.2 Å². The van der Waals surface area contributed by atoms with Crippen LogP contribution >= 0.6 is 0 Å². The number of nitrogens with one attached hydrogen (secondary N) is 1. The second-order valence-electron chi connectivity index (χ2n) is 3.66. The lowest BCUT2D eigenvalue weighted by Crippen LogP contribution is -2.36. The van der Waals surface area contributed by atoms with Crippen LogP contribution in [0.15, 0.2) is 0 Å². The second kappa shape index (κ2) is 5.95. The van der Waals surface area contributed by atoms with Crippen molar-refractivity contribution >= 4 is 0 Å². The van der Waals surface area contributed by atoms with Gasteiger partial charge in [-0.15, -0.1) is 0 Å². The van der Waals surface area contributed by atoms with Crippen molar-refractivity contribution in [1.82, 2.24) is 5.32 Å². The lowest BCUT2D eigenvalue weighted by Gasteiger charge is -2.24. The van der Waals surface area contributed by atoms with E-state index < -0.39 is 0 Å².